The van der Waals surface area contributed by atoms with Crippen LogP contribution in [-0.4, -0.2) is 46.8 Å². The van der Waals surface area contributed by atoms with E-state index in [0.717, 1.165) is 0 Å². The fraction of sp³-hybridized carbons (Fsp3) is 0.636. The zero-order valence-corrected chi connectivity index (χ0v) is 11.1. The van der Waals surface area contributed by atoms with Crippen molar-refractivity contribution < 1.29 is 19.7 Å². The first kappa shape index (κ1) is 13.9. The predicted molar refractivity (Wildman–Crippen MR) is 64.4 cm³/mol. The van der Waals surface area contributed by atoms with Crippen molar-refractivity contribution in [1.29, 1.82) is 0 Å². The number of ether oxygens (including phenoxy) is 2. The Labute approximate surface area is 104 Å². The third-order valence-electron chi connectivity index (χ3n) is 2.92. The molecular formula is C11H17BrO4. The highest BCUT2D eigenvalue weighted by Crippen LogP contribution is 2.36. The lowest BCUT2D eigenvalue weighted by atomic mass is 9.85. The topological polar surface area (TPSA) is 58.9 Å². The zero-order valence-electron chi connectivity index (χ0n) is 9.55. The first-order chi connectivity index (χ1) is 7.40. The van der Waals surface area contributed by atoms with Crippen LogP contribution in [0.5, 0.6) is 0 Å². The molecule has 0 fully saturated rings. The summed E-state index contributed by atoms with van der Waals surface area (Å²) in [5, 5.41) is 20.2. The van der Waals surface area contributed by atoms with Gasteiger partial charge in [-0.2, -0.15) is 0 Å². The number of halogens is 1. The fourth-order valence-electron chi connectivity index (χ4n) is 1.58. The van der Waals surface area contributed by atoms with E-state index >= 15 is 0 Å². The van der Waals surface area contributed by atoms with Gasteiger partial charge in [0.2, 0.25) is 0 Å². The monoisotopic (exact) mass is 292 g/mol. The van der Waals surface area contributed by atoms with Gasteiger partial charge in [0.25, 0.3) is 0 Å². The molecule has 0 aromatic carbocycles. The van der Waals surface area contributed by atoms with Gasteiger partial charge >= 0.3 is 0 Å². The average Bonchev–Trinajstić information content (AvgIpc) is 2.31. The molecule has 0 aliphatic heterocycles. The number of allylic oxidation sites excluding steroid dienone is 2. The zero-order chi connectivity index (χ0) is 12.4. The van der Waals surface area contributed by atoms with Gasteiger partial charge in [-0.3, -0.25) is 0 Å². The Kier molecular flexibility index (Phi) is 4.31. The van der Waals surface area contributed by atoms with Gasteiger partial charge in [0.1, 0.15) is 16.5 Å². The Morgan fingerprint density at radius 1 is 1.38 bits per heavy atom. The fourth-order valence-corrected chi connectivity index (χ4v) is 2.37. The summed E-state index contributed by atoms with van der Waals surface area (Å²) in [6.07, 6.45) is 5.38. The Balaban J connectivity index is 2.99. The molecular weight excluding hydrogens is 276 g/mol. The third-order valence-corrected chi connectivity index (χ3v) is 4.48. The highest BCUT2D eigenvalue weighted by molar-refractivity contribution is 9.09. The number of alkyl halides is 1. The lowest BCUT2D eigenvalue weighted by molar-refractivity contribution is -0.217. The first-order valence-corrected chi connectivity index (χ1v) is 5.83. The van der Waals surface area contributed by atoms with E-state index < -0.39 is 22.3 Å². The maximum atomic E-state index is 10.4. The van der Waals surface area contributed by atoms with Crippen LogP contribution in [0, 0.1) is 0 Å². The van der Waals surface area contributed by atoms with Crippen LogP contribution >= 0.6 is 15.9 Å². The van der Waals surface area contributed by atoms with E-state index in [1.54, 1.807) is 19.1 Å². The van der Waals surface area contributed by atoms with Crippen LogP contribution in [0.15, 0.2) is 24.3 Å². The molecule has 0 aromatic heterocycles. The molecule has 5 heteroatoms. The molecule has 0 saturated heterocycles. The molecule has 2 N–H and O–H groups in total. The van der Waals surface area contributed by atoms with E-state index in [2.05, 4.69) is 15.9 Å². The van der Waals surface area contributed by atoms with Crippen LogP contribution in [0.2, 0.25) is 0 Å². The van der Waals surface area contributed by atoms with E-state index in [-0.39, 0.29) is 0 Å². The highest BCUT2D eigenvalue weighted by atomic mass is 79.9. The van der Waals surface area contributed by atoms with E-state index in [4.69, 9.17) is 9.47 Å². The number of hydrogen-bond acceptors (Lipinski definition) is 4. The maximum Gasteiger partial charge on any atom is 0.180 e. The van der Waals surface area contributed by atoms with Crippen molar-refractivity contribution in [2.75, 3.05) is 14.2 Å². The smallest absolute Gasteiger partial charge is 0.180 e. The second kappa shape index (κ2) is 4.98. The second-order valence-corrected chi connectivity index (χ2v) is 4.78. The average molecular weight is 293 g/mol. The van der Waals surface area contributed by atoms with Gasteiger partial charge in [-0.05, 0) is 13.0 Å². The molecule has 0 radical (unpaired) electrons. The maximum absolute atomic E-state index is 10.4. The number of aliphatic hydroxyl groups is 2. The molecule has 1 rings (SSSR count). The van der Waals surface area contributed by atoms with Gasteiger partial charge < -0.3 is 19.7 Å². The first-order valence-electron chi connectivity index (χ1n) is 4.91. The van der Waals surface area contributed by atoms with E-state index in [1.165, 1.54) is 26.4 Å². The molecule has 0 saturated carbocycles. The summed E-state index contributed by atoms with van der Waals surface area (Å²) in [5.74, 6) is -1.04. The highest BCUT2D eigenvalue weighted by Gasteiger charge is 2.50. The SMILES string of the molecule is COC(C)(OC)C(Br)C1(O)C=CC=CC1O. The van der Waals surface area contributed by atoms with E-state index in [1.807, 2.05) is 0 Å². The summed E-state index contributed by atoms with van der Waals surface area (Å²) < 4.78 is 10.4. The summed E-state index contributed by atoms with van der Waals surface area (Å²) in [4.78, 5) is -0.612. The van der Waals surface area contributed by atoms with Crippen LogP contribution in [0.4, 0.5) is 0 Å². The molecule has 0 aromatic rings. The van der Waals surface area contributed by atoms with Crippen LogP contribution in [0.3, 0.4) is 0 Å². The van der Waals surface area contributed by atoms with Crippen molar-refractivity contribution in [3.05, 3.63) is 24.3 Å². The van der Waals surface area contributed by atoms with Crippen molar-refractivity contribution in [2.24, 2.45) is 0 Å². The van der Waals surface area contributed by atoms with E-state index in [9.17, 15) is 10.2 Å². The molecule has 0 spiro atoms. The molecule has 1 aliphatic carbocycles. The quantitative estimate of drug-likeness (QED) is 0.599. The van der Waals surface area contributed by atoms with Crippen LogP contribution in [0.1, 0.15) is 6.92 Å². The van der Waals surface area contributed by atoms with Gasteiger partial charge in [-0.25, -0.2) is 0 Å². The Bertz CT molecular complexity index is 298. The molecule has 1 aliphatic rings. The van der Waals surface area contributed by atoms with Crippen molar-refractivity contribution in [1.82, 2.24) is 0 Å². The van der Waals surface area contributed by atoms with Gasteiger partial charge in [0.05, 0.1) is 0 Å². The van der Waals surface area contributed by atoms with Crippen molar-refractivity contribution in [3.8, 4) is 0 Å². The number of aliphatic hydroxyl groups excluding tert-OH is 1. The van der Waals surface area contributed by atoms with Crippen LogP contribution in [0.25, 0.3) is 0 Å². The Morgan fingerprint density at radius 3 is 2.38 bits per heavy atom. The molecule has 92 valence electrons. The van der Waals surface area contributed by atoms with Crippen molar-refractivity contribution >= 4 is 15.9 Å². The summed E-state index contributed by atoms with van der Waals surface area (Å²) in [6, 6.07) is 0. The summed E-state index contributed by atoms with van der Waals surface area (Å²) in [5.41, 5.74) is -1.46. The molecule has 0 heterocycles. The van der Waals surface area contributed by atoms with Crippen LogP contribution < -0.4 is 0 Å². The normalized spacial score (nSPS) is 31.8. The minimum Gasteiger partial charge on any atom is -0.386 e. The Hall–Kier alpha value is -0.200. The number of hydrogen-bond donors (Lipinski definition) is 2. The minimum atomic E-state index is -1.46. The third kappa shape index (κ3) is 2.24. The second-order valence-electron chi connectivity index (χ2n) is 3.86. The van der Waals surface area contributed by atoms with Gasteiger partial charge in [0.15, 0.2) is 5.79 Å². The molecule has 0 bridgehead atoms. The van der Waals surface area contributed by atoms with Gasteiger partial charge in [-0.1, -0.05) is 34.2 Å². The number of methoxy groups -OCH3 is 2. The van der Waals surface area contributed by atoms with Crippen molar-refractivity contribution in [3.63, 3.8) is 0 Å². The molecule has 3 atom stereocenters. The van der Waals surface area contributed by atoms with E-state index in [0.29, 0.717) is 0 Å². The summed E-state index contributed by atoms with van der Waals surface area (Å²) in [6.45, 7) is 1.68. The Morgan fingerprint density at radius 2 is 1.94 bits per heavy atom. The molecule has 16 heavy (non-hydrogen) atoms. The lowest BCUT2D eigenvalue weighted by Crippen LogP contribution is -2.58. The van der Waals surface area contributed by atoms with Gasteiger partial charge in [-0.15, -0.1) is 0 Å². The van der Waals surface area contributed by atoms with Crippen molar-refractivity contribution in [2.45, 2.75) is 29.2 Å². The molecule has 0 amide bonds. The van der Waals surface area contributed by atoms with Crippen LogP contribution in [-0.2, 0) is 9.47 Å². The molecule has 3 unspecified atom stereocenters. The minimum absolute atomic E-state index is 0.612. The molecule has 4 nitrogen and oxygen atoms in total. The summed E-state index contributed by atoms with van der Waals surface area (Å²) >= 11 is 3.33. The summed E-state index contributed by atoms with van der Waals surface area (Å²) in [7, 11) is 2.96. The number of rotatable bonds is 4. The van der Waals surface area contributed by atoms with Gasteiger partial charge in [0, 0.05) is 14.2 Å². The standard InChI is InChI=1S/C11H17BrO4/c1-10(15-2,16-3)9(12)11(14)7-5-4-6-8(11)13/h4-9,13-14H,1-3H3. The predicted octanol–water partition coefficient (Wildman–Crippen LogP) is 0.977. The lowest BCUT2D eigenvalue weighted by Gasteiger charge is -2.42. The largest absolute Gasteiger partial charge is 0.386 e.